The highest BCUT2D eigenvalue weighted by Crippen LogP contribution is 2.11. The average molecular weight is 262 g/mol. The summed E-state index contributed by atoms with van der Waals surface area (Å²) >= 11 is 0. The first-order valence-electron chi connectivity index (χ1n) is 6.78. The first-order chi connectivity index (χ1) is 9.20. The molecule has 104 valence electrons. The quantitative estimate of drug-likeness (QED) is 0.828. The number of nitrogens with two attached hydrogens (primary N) is 1. The number of rotatable bonds is 4. The van der Waals surface area contributed by atoms with E-state index in [0.29, 0.717) is 13.0 Å². The van der Waals surface area contributed by atoms with E-state index < -0.39 is 0 Å². The molecule has 0 aliphatic carbocycles. The monoisotopic (exact) mass is 262 g/mol. The topological polar surface area (TPSA) is 62.5 Å². The highest BCUT2D eigenvalue weighted by Gasteiger charge is 2.26. The molecule has 1 amide bonds. The van der Waals surface area contributed by atoms with Gasteiger partial charge in [0, 0.05) is 51.0 Å². The summed E-state index contributed by atoms with van der Waals surface area (Å²) in [5, 5.41) is 0. The Morgan fingerprint density at radius 1 is 1.37 bits per heavy atom. The third-order valence-corrected chi connectivity index (χ3v) is 3.63. The molecule has 0 radical (unpaired) electrons. The van der Waals surface area contributed by atoms with Crippen molar-refractivity contribution >= 4 is 5.91 Å². The molecule has 1 aliphatic rings. The van der Waals surface area contributed by atoms with E-state index >= 15 is 0 Å². The van der Waals surface area contributed by atoms with E-state index in [0.717, 1.165) is 31.9 Å². The number of aromatic nitrogens is 1. The molecule has 1 atom stereocenters. The number of hydrogen-bond donors (Lipinski definition) is 1. The maximum Gasteiger partial charge on any atom is 0.227 e. The molecule has 0 spiro atoms. The van der Waals surface area contributed by atoms with E-state index in [9.17, 15) is 4.79 Å². The van der Waals surface area contributed by atoms with E-state index in [4.69, 9.17) is 5.73 Å². The van der Waals surface area contributed by atoms with Crippen molar-refractivity contribution in [2.45, 2.75) is 6.42 Å². The van der Waals surface area contributed by atoms with Crippen LogP contribution in [0.1, 0.15) is 5.69 Å². The second kappa shape index (κ2) is 6.63. The van der Waals surface area contributed by atoms with Crippen LogP contribution >= 0.6 is 0 Å². The molecular formula is C14H22N4O. The first-order valence-corrected chi connectivity index (χ1v) is 6.78. The second-order valence-electron chi connectivity index (χ2n) is 5.09. The van der Waals surface area contributed by atoms with Crippen LogP contribution in [0, 0.1) is 5.92 Å². The van der Waals surface area contributed by atoms with Gasteiger partial charge < -0.3 is 15.5 Å². The normalized spacial score (nSPS) is 18.3. The fourth-order valence-corrected chi connectivity index (χ4v) is 2.33. The highest BCUT2D eigenvalue weighted by molar-refractivity contribution is 5.79. The van der Waals surface area contributed by atoms with Gasteiger partial charge in [-0.25, -0.2) is 0 Å². The zero-order valence-corrected chi connectivity index (χ0v) is 11.5. The molecule has 1 saturated heterocycles. The van der Waals surface area contributed by atoms with Crippen molar-refractivity contribution in [1.82, 2.24) is 14.8 Å². The third kappa shape index (κ3) is 3.75. The average Bonchev–Trinajstić information content (AvgIpc) is 2.46. The number of piperazine rings is 1. The van der Waals surface area contributed by atoms with E-state index in [-0.39, 0.29) is 11.8 Å². The predicted molar refractivity (Wildman–Crippen MR) is 74.6 cm³/mol. The fraction of sp³-hybridized carbons (Fsp3) is 0.571. The summed E-state index contributed by atoms with van der Waals surface area (Å²) in [6.07, 6.45) is 2.38. The molecule has 2 N–H and O–H groups in total. The van der Waals surface area contributed by atoms with E-state index in [2.05, 4.69) is 16.9 Å². The number of amides is 1. The molecule has 1 aromatic heterocycles. The largest absolute Gasteiger partial charge is 0.340 e. The number of hydrogen-bond acceptors (Lipinski definition) is 4. The van der Waals surface area contributed by atoms with Crippen LogP contribution in [0.4, 0.5) is 0 Å². The van der Waals surface area contributed by atoms with Gasteiger partial charge in [-0.05, 0) is 19.2 Å². The first kappa shape index (κ1) is 14.0. The molecule has 0 aromatic carbocycles. The van der Waals surface area contributed by atoms with Crippen LogP contribution in [0.2, 0.25) is 0 Å². The summed E-state index contributed by atoms with van der Waals surface area (Å²) in [4.78, 5) is 20.9. The van der Waals surface area contributed by atoms with Gasteiger partial charge in [0.2, 0.25) is 5.91 Å². The minimum Gasteiger partial charge on any atom is -0.340 e. The van der Waals surface area contributed by atoms with Crippen LogP contribution in [0.15, 0.2) is 24.4 Å². The molecule has 1 aromatic rings. The Kier molecular flexibility index (Phi) is 4.87. The zero-order chi connectivity index (χ0) is 13.7. The van der Waals surface area contributed by atoms with Crippen LogP contribution in [0.25, 0.3) is 0 Å². The lowest BCUT2D eigenvalue weighted by atomic mass is 10.0. The standard InChI is InChI=1S/C14H22N4O/c1-17-6-8-18(9-7-17)14(19)12(11-15)10-13-4-2-3-5-16-13/h2-5,12H,6-11,15H2,1H3. The number of carbonyl (C=O) groups is 1. The van der Waals surface area contributed by atoms with E-state index in [1.165, 1.54) is 0 Å². The molecule has 2 heterocycles. The van der Waals surface area contributed by atoms with Crippen molar-refractivity contribution in [3.05, 3.63) is 30.1 Å². The van der Waals surface area contributed by atoms with Crippen LogP contribution in [-0.2, 0) is 11.2 Å². The van der Waals surface area contributed by atoms with Gasteiger partial charge in [0.25, 0.3) is 0 Å². The lowest BCUT2D eigenvalue weighted by molar-refractivity contribution is -0.136. The molecule has 1 fully saturated rings. The highest BCUT2D eigenvalue weighted by atomic mass is 16.2. The van der Waals surface area contributed by atoms with Gasteiger partial charge in [0.05, 0.1) is 5.92 Å². The van der Waals surface area contributed by atoms with Gasteiger partial charge in [-0.2, -0.15) is 0 Å². The SMILES string of the molecule is CN1CCN(C(=O)C(CN)Cc2ccccn2)CC1. The fourth-order valence-electron chi connectivity index (χ4n) is 2.33. The van der Waals surface area contributed by atoms with Crippen LogP contribution < -0.4 is 5.73 Å². The van der Waals surface area contributed by atoms with Crippen molar-refractivity contribution in [2.24, 2.45) is 11.7 Å². The van der Waals surface area contributed by atoms with E-state index in [1.807, 2.05) is 23.1 Å². The van der Waals surface area contributed by atoms with Gasteiger partial charge in [0.1, 0.15) is 0 Å². The molecule has 1 aliphatic heterocycles. The third-order valence-electron chi connectivity index (χ3n) is 3.63. The lowest BCUT2D eigenvalue weighted by Gasteiger charge is -2.34. The van der Waals surface area contributed by atoms with Gasteiger partial charge in [0.15, 0.2) is 0 Å². The minimum atomic E-state index is -0.154. The summed E-state index contributed by atoms with van der Waals surface area (Å²) in [7, 11) is 2.08. The number of carbonyl (C=O) groups excluding carboxylic acids is 1. The number of likely N-dealkylation sites (N-methyl/N-ethyl adjacent to an activating group) is 1. The summed E-state index contributed by atoms with van der Waals surface area (Å²) in [6, 6.07) is 5.76. The second-order valence-corrected chi connectivity index (χ2v) is 5.09. The summed E-state index contributed by atoms with van der Waals surface area (Å²) < 4.78 is 0. The minimum absolute atomic E-state index is 0.154. The summed E-state index contributed by atoms with van der Waals surface area (Å²) in [6.45, 7) is 3.85. The molecule has 0 saturated carbocycles. The summed E-state index contributed by atoms with van der Waals surface area (Å²) in [5.41, 5.74) is 6.70. The van der Waals surface area contributed by atoms with Crippen molar-refractivity contribution in [2.75, 3.05) is 39.8 Å². The zero-order valence-electron chi connectivity index (χ0n) is 11.5. The van der Waals surface area contributed by atoms with Gasteiger partial charge in [-0.15, -0.1) is 0 Å². The van der Waals surface area contributed by atoms with Crippen molar-refractivity contribution in [1.29, 1.82) is 0 Å². The Labute approximate surface area is 114 Å². The number of nitrogens with zero attached hydrogens (tertiary/aromatic N) is 3. The van der Waals surface area contributed by atoms with Crippen molar-refractivity contribution < 1.29 is 4.79 Å². The molecule has 2 rings (SSSR count). The summed E-state index contributed by atoms with van der Waals surface area (Å²) in [5.74, 6) is 0.0135. The van der Waals surface area contributed by atoms with Crippen LogP contribution in [0.3, 0.4) is 0 Å². The Hall–Kier alpha value is -1.46. The Bertz CT molecular complexity index is 401. The molecule has 1 unspecified atom stereocenters. The molecule has 19 heavy (non-hydrogen) atoms. The number of pyridine rings is 1. The maximum absolute atomic E-state index is 12.4. The predicted octanol–water partition coefficient (Wildman–Crippen LogP) is -0.0270. The Morgan fingerprint density at radius 3 is 2.68 bits per heavy atom. The van der Waals surface area contributed by atoms with Crippen molar-refractivity contribution in [3.63, 3.8) is 0 Å². The van der Waals surface area contributed by atoms with Crippen molar-refractivity contribution in [3.8, 4) is 0 Å². The maximum atomic E-state index is 12.4. The molecule has 5 nitrogen and oxygen atoms in total. The lowest BCUT2D eigenvalue weighted by Crippen LogP contribution is -2.50. The van der Waals surface area contributed by atoms with Gasteiger partial charge in [-0.3, -0.25) is 9.78 Å². The Morgan fingerprint density at radius 2 is 2.11 bits per heavy atom. The van der Waals surface area contributed by atoms with E-state index in [1.54, 1.807) is 6.20 Å². The van der Waals surface area contributed by atoms with Gasteiger partial charge >= 0.3 is 0 Å². The molecule has 0 bridgehead atoms. The van der Waals surface area contributed by atoms with Crippen LogP contribution in [-0.4, -0.2) is 60.5 Å². The van der Waals surface area contributed by atoms with Crippen LogP contribution in [0.5, 0.6) is 0 Å². The molecule has 5 heteroatoms. The molecular weight excluding hydrogens is 240 g/mol. The Balaban J connectivity index is 1.95. The smallest absolute Gasteiger partial charge is 0.227 e. The van der Waals surface area contributed by atoms with Gasteiger partial charge in [-0.1, -0.05) is 6.07 Å².